The van der Waals surface area contributed by atoms with E-state index >= 15 is 4.39 Å². The number of carbonyl (C=O) groups is 2. The highest BCUT2D eigenvalue weighted by Gasteiger charge is 2.28. The van der Waals surface area contributed by atoms with Crippen molar-refractivity contribution in [3.63, 3.8) is 0 Å². The van der Waals surface area contributed by atoms with Crippen LogP contribution in [0.1, 0.15) is 45.2 Å². The zero-order valence-electron chi connectivity index (χ0n) is 19.0. The minimum absolute atomic E-state index is 0.00708. The van der Waals surface area contributed by atoms with Gasteiger partial charge in [-0.1, -0.05) is 12.1 Å². The molecule has 0 saturated carbocycles. The lowest BCUT2D eigenvalue weighted by Gasteiger charge is -2.23. The molecule has 0 radical (unpaired) electrons. The number of para-hydroxylation sites is 1. The van der Waals surface area contributed by atoms with Crippen LogP contribution >= 0.6 is 0 Å². The van der Waals surface area contributed by atoms with Crippen molar-refractivity contribution in [1.29, 1.82) is 0 Å². The number of nitrogens with one attached hydrogen (secondary N) is 1. The third-order valence-corrected chi connectivity index (χ3v) is 5.91. The van der Waals surface area contributed by atoms with Gasteiger partial charge in [-0.25, -0.2) is 13.5 Å². The molecule has 9 nitrogen and oxygen atoms in total. The normalized spacial score (nSPS) is 14.0. The molecule has 5 N–H and O–H groups in total. The van der Waals surface area contributed by atoms with Crippen LogP contribution < -0.4 is 21.5 Å². The Labute approximate surface area is 200 Å². The predicted molar refractivity (Wildman–Crippen MR) is 124 cm³/mol. The number of carbonyl (C=O) groups excluding carboxylic acids is 2. The molecule has 4 rings (SSSR count). The molecule has 3 aromatic rings. The predicted octanol–water partition coefficient (Wildman–Crippen LogP) is 2.80. The standard InChI is InChI=1S/C24H25F2N5O4/c1-34-19-5-3-2-4-15(19)24(33)29-12-13-10-18(26)16(11-17(13)25)21-20(23(28)32)22(27)31(30-21)14-6-8-35-9-7-14/h2-5,10-11,14H,6-9,12,27H2,1H3,(H2,28,32)(H,29,33). The maximum absolute atomic E-state index is 15.1. The third-order valence-electron chi connectivity index (χ3n) is 5.91. The molecule has 0 spiro atoms. The highest BCUT2D eigenvalue weighted by Crippen LogP contribution is 2.34. The number of hydrogen-bond donors (Lipinski definition) is 3. The summed E-state index contributed by atoms with van der Waals surface area (Å²) in [5, 5.41) is 6.89. The van der Waals surface area contributed by atoms with Crippen molar-refractivity contribution >= 4 is 17.6 Å². The van der Waals surface area contributed by atoms with Gasteiger partial charge in [0.05, 0.1) is 18.7 Å². The van der Waals surface area contributed by atoms with Gasteiger partial charge in [0.15, 0.2) is 0 Å². The second kappa shape index (κ2) is 10.1. The highest BCUT2D eigenvalue weighted by molar-refractivity contribution is 6.03. The average Bonchev–Trinajstić information content (AvgIpc) is 3.21. The molecule has 1 aromatic heterocycles. The minimum Gasteiger partial charge on any atom is -0.496 e. The molecule has 0 atom stereocenters. The van der Waals surface area contributed by atoms with Gasteiger partial charge in [-0.3, -0.25) is 9.59 Å². The van der Waals surface area contributed by atoms with Crippen molar-refractivity contribution in [2.24, 2.45) is 5.73 Å². The molecule has 1 aliphatic heterocycles. The minimum atomic E-state index is -0.899. The molecule has 2 heterocycles. The number of nitrogens with two attached hydrogens (primary N) is 2. The number of nitrogens with zero attached hydrogens (tertiary/aromatic N) is 2. The van der Waals surface area contributed by atoms with Gasteiger partial charge in [0.1, 0.15) is 34.5 Å². The van der Waals surface area contributed by atoms with Crippen LogP contribution in [0.2, 0.25) is 0 Å². The van der Waals surface area contributed by atoms with Gasteiger partial charge in [-0.15, -0.1) is 0 Å². The maximum Gasteiger partial charge on any atom is 0.255 e. The summed E-state index contributed by atoms with van der Waals surface area (Å²) in [5.41, 5.74) is 11.2. The lowest BCUT2D eigenvalue weighted by Crippen LogP contribution is -2.24. The number of halogens is 2. The van der Waals surface area contributed by atoms with Crippen molar-refractivity contribution < 1.29 is 27.8 Å². The summed E-state index contributed by atoms with van der Waals surface area (Å²) in [6.07, 6.45) is 1.20. The Bertz CT molecular complexity index is 1270. The van der Waals surface area contributed by atoms with Gasteiger partial charge in [0.2, 0.25) is 0 Å². The van der Waals surface area contributed by atoms with Gasteiger partial charge < -0.3 is 26.3 Å². The molecule has 0 unspecified atom stereocenters. The molecular formula is C24H25F2N5O4. The first-order chi connectivity index (χ1) is 16.8. The molecule has 2 amide bonds. The molecule has 2 aromatic carbocycles. The molecule has 11 heteroatoms. The van der Waals surface area contributed by atoms with Gasteiger partial charge in [0.25, 0.3) is 11.8 Å². The van der Waals surface area contributed by atoms with Crippen molar-refractivity contribution in [3.8, 4) is 17.0 Å². The van der Waals surface area contributed by atoms with Crippen molar-refractivity contribution in [3.05, 3.63) is 64.7 Å². The Morgan fingerprint density at radius 3 is 2.60 bits per heavy atom. The number of anilines is 1. The van der Waals surface area contributed by atoms with E-state index in [1.165, 1.54) is 11.8 Å². The summed E-state index contributed by atoms with van der Waals surface area (Å²) < 4.78 is 42.0. The fraction of sp³-hybridized carbons (Fsp3) is 0.292. The van der Waals surface area contributed by atoms with Gasteiger partial charge in [0, 0.05) is 30.9 Å². The van der Waals surface area contributed by atoms with Crippen molar-refractivity contribution in [2.75, 3.05) is 26.1 Å². The number of rotatable bonds is 7. The molecule has 35 heavy (non-hydrogen) atoms. The smallest absolute Gasteiger partial charge is 0.255 e. The summed E-state index contributed by atoms with van der Waals surface area (Å²) in [4.78, 5) is 24.6. The summed E-state index contributed by atoms with van der Waals surface area (Å²) in [6.45, 7) is 0.703. The zero-order valence-corrected chi connectivity index (χ0v) is 19.0. The van der Waals surface area contributed by atoms with Crippen molar-refractivity contribution in [1.82, 2.24) is 15.1 Å². The Hall–Kier alpha value is -3.99. The molecule has 0 bridgehead atoms. The van der Waals surface area contributed by atoms with E-state index in [4.69, 9.17) is 20.9 Å². The van der Waals surface area contributed by atoms with Crippen LogP contribution in [-0.2, 0) is 11.3 Å². The van der Waals surface area contributed by atoms with Crippen LogP contribution in [0.5, 0.6) is 5.75 Å². The largest absolute Gasteiger partial charge is 0.496 e. The lowest BCUT2D eigenvalue weighted by molar-refractivity contribution is 0.0669. The Morgan fingerprint density at radius 1 is 1.20 bits per heavy atom. The highest BCUT2D eigenvalue weighted by atomic mass is 19.1. The molecule has 1 fully saturated rings. The number of methoxy groups -OCH3 is 1. The first-order valence-electron chi connectivity index (χ1n) is 11.0. The second-order valence-corrected chi connectivity index (χ2v) is 8.07. The Balaban J connectivity index is 1.62. The van der Waals surface area contributed by atoms with E-state index in [1.807, 2.05) is 0 Å². The van der Waals surface area contributed by atoms with Crippen LogP contribution in [0.25, 0.3) is 11.3 Å². The second-order valence-electron chi connectivity index (χ2n) is 8.07. The van der Waals surface area contributed by atoms with E-state index in [-0.39, 0.29) is 46.4 Å². The van der Waals surface area contributed by atoms with Crippen LogP contribution in [-0.4, -0.2) is 41.9 Å². The van der Waals surface area contributed by atoms with Gasteiger partial charge in [-0.2, -0.15) is 5.10 Å². The number of amides is 2. The van der Waals surface area contributed by atoms with E-state index in [0.717, 1.165) is 12.1 Å². The molecule has 0 aliphatic carbocycles. The lowest BCUT2D eigenvalue weighted by atomic mass is 10.0. The number of ether oxygens (including phenoxy) is 2. The first-order valence-corrected chi connectivity index (χ1v) is 11.0. The van der Waals surface area contributed by atoms with Gasteiger partial charge >= 0.3 is 0 Å². The summed E-state index contributed by atoms with van der Waals surface area (Å²) >= 11 is 0. The van der Waals surface area contributed by atoms with Crippen LogP contribution in [0, 0.1) is 11.6 Å². The summed E-state index contributed by atoms with van der Waals surface area (Å²) in [6, 6.07) is 8.25. The molecule has 1 aliphatic rings. The van der Waals surface area contributed by atoms with Crippen molar-refractivity contribution in [2.45, 2.75) is 25.4 Å². The monoisotopic (exact) mass is 485 g/mol. The summed E-state index contributed by atoms with van der Waals surface area (Å²) in [5.74, 6) is -2.70. The number of benzene rings is 2. The fourth-order valence-corrected chi connectivity index (χ4v) is 4.09. The van der Waals surface area contributed by atoms with E-state index < -0.39 is 23.4 Å². The fourth-order valence-electron chi connectivity index (χ4n) is 4.09. The zero-order chi connectivity index (χ0) is 25.1. The van der Waals surface area contributed by atoms with Crippen LogP contribution in [0.4, 0.5) is 14.6 Å². The van der Waals surface area contributed by atoms with E-state index in [9.17, 15) is 14.0 Å². The number of hydrogen-bond acceptors (Lipinski definition) is 6. The molecular weight excluding hydrogens is 460 g/mol. The molecule has 184 valence electrons. The number of primary amides is 1. The summed E-state index contributed by atoms with van der Waals surface area (Å²) in [7, 11) is 1.43. The van der Waals surface area contributed by atoms with Crippen LogP contribution in [0.3, 0.4) is 0 Å². The van der Waals surface area contributed by atoms with E-state index in [1.54, 1.807) is 24.3 Å². The Kier molecular flexibility index (Phi) is 6.97. The molecule has 1 saturated heterocycles. The number of aromatic nitrogens is 2. The quantitative estimate of drug-likeness (QED) is 0.471. The topological polar surface area (TPSA) is 134 Å². The van der Waals surface area contributed by atoms with E-state index in [2.05, 4.69) is 10.4 Å². The van der Waals surface area contributed by atoms with Crippen LogP contribution in [0.15, 0.2) is 36.4 Å². The van der Waals surface area contributed by atoms with E-state index in [0.29, 0.717) is 31.8 Å². The average molecular weight is 485 g/mol. The third kappa shape index (κ3) is 4.80. The SMILES string of the molecule is COc1ccccc1C(=O)NCc1cc(F)c(-c2nn(C3CCOCC3)c(N)c2C(N)=O)cc1F. The maximum atomic E-state index is 15.1. The first kappa shape index (κ1) is 24.1. The number of nitrogen functional groups attached to an aromatic ring is 1. The Morgan fingerprint density at radius 2 is 1.91 bits per heavy atom. The van der Waals surface area contributed by atoms with Gasteiger partial charge in [-0.05, 0) is 37.1 Å².